The molecule has 3 rings (SSSR count). The molecule has 0 aliphatic carbocycles. The second kappa shape index (κ2) is 10.6. The number of aromatic nitrogens is 3. The van der Waals surface area contributed by atoms with Crippen LogP contribution in [0.15, 0.2) is 52.1 Å². The Morgan fingerprint density at radius 2 is 2.04 bits per heavy atom. The highest BCUT2D eigenvalue weighted by atomic mass is 127. The first-order valence-corrected chi connectivity index (χ1v) is 8.28. The van der Waals surface area contributed by atoms with E-state index in [0.717, 1.165) is 18.2 Å². The molecule has 0 saturated heterocycles. The van der Waals surface area contributed by atoms with Crippen molar-refractivity contribution in [3.63, 3.8) is 0 Å². The summed E-state index contributed by atoms with van der Waals surface area (Å²) < 4.78 is 32.0. The van der Waals surface area contributed by atoms with Crippen molar-refractivity contribution in [1.29, 1.82) is 0 Å². The predicted octanol–water partition coefficient (Wildman–Crippen LogP) is 2.94. The number of benzene rings is 1. The van der Waals surface area contributed by atoms with Gasteiger partial charge in [-0.3, -0.25) is 9.98 Å². The van der Waals surface area contributed by atoms with Crippen LogP contribution in [0.25, 0.3) is 11.6 Å². The molecule has 148 valence electrons. The molecule has 2 heterocycles. The number of rotatable bonds is 6. The van der Waals surface area contributed by atoms with Crippen molar-refractivity contribution in [3.8, 4) is 11.6 Å². The molecule has 1 aromatic carbocycles. The number of guanidine groups is 1. The summed E-state index contributed by atoms with van der Waals surface area (Å²) in [6.45, 7) is 0.585. The van der Waals surface area contributed by atoms with Gasteiger partial charge in [-0.05, 0) is 30.3 Å². The lowest BCUT2D eigenvalue weighted by atomic mass is 10.2. The van der Waals surface area contributed by atoms with Gasteiger partial charge in [0.2, 0.25) is 0 Å². The highest BCUT2D eigenvalue weighted by Crippen LogP contribution is 2.13. The minimum absolute atomic E-state index is 0. The van der Waals surface area contributed by atoms with Crippen molar-refractivity contribution in [1.82, 2.24) is 25.8 Å². The van der Waals surface area contributed by atoms with E-state index in [4.69, 9.17) is 4.52 Å². The lowest BCUT2D eigenvalue weighted by Gasteiger charge is -2.11. The molecule has 0 atom stereocenters. The van der Waals surface area contributed by atoms with Gasteiger partial charge < -0.3 is 15.2 Å². The predicted molar refractivity (Wildman–Crippen MR) is 111 cm³/mol. The van der Waals surface area contributed by atoms with Crippen LogP contribution in [0.3, 0.4) is 0 Å². The Hall–Kier alpha value is -2.63. The molecular weight excluding hydrogens is 481 g/mol. The molecule has 0 aliphatic rings. The first-order valence-electron chi connectivity index (χ1n) is 8.28. The third-order valence-corrected chi connectivity index (χ3v) is 3.67. The summed E-state index contributed by atoms with van der Waals surface area (Å²) >= 11 is 0. The number of nitrogens with zero attached hydrogens (tertiary/aromatic N) is 4. The van der Waals surface area contributed by atoms with E-state index in [9.17, 15) is 8.78 Å². The average molecular weight is 500 g/mol. The van der Waals surface area contributed by atoms with Crippen LogP contribution >= 0.6 is 24.0 Å². The molecule has 2 N–H and O–H groups in total. The second-order valence-electron chi connectivity index (χ2n) is 5.57. The molecule has 0 aliphatic heterocycles. The van der Waals surface area contributed by atoms with Crippen LogP contribution in [0.1, 0.15) is 11.4 Å². The molecule has 7 nitrogen and oxygen atoms in total. The third-order valence-electron chi connectivity index (χ3n) is 3.67. The van der Waals surface area contributed by atoms with Gasteiger partial charge in [-0.15, -0.1) is 24.0 Å². The Morgan fingerprint density at radius 3 is 2.79 bits per heavy atom. The van der Waals surface area contributed by atoms with Crippen molar-refractivity contribution in [2.45, 2.75) is 13.0 Å². The van der Waals surface area contributed by atoms with Crippen molar-refractivity contribution in [2.75, 3.05) is 13.6 Å². The van der Waals surface area contributed by atoms with Gasteiger partial charge in [-0.25, -0.2) is 8.78 Å². The molecule has 28 heavy (non-hydrogen) atoms. The average Bonchev–Trinajstić information content (AvgIpc) is 3.16. The maximum absolute atomic E-state index is 13.6. The van der Waals surface area contributed by atoms with Crippen LogP contribution in [-0.4, -0.2) is 34.7 Å². The number of halogens is 3. The van der Waals surface area contributed by atoms with Crippen LogP contribution in [0.4, 0.5) is 8.78 Å². The second-order valence-corrected chi connectivity index (χ2v) is 5.57. The summed E-state index contributed by atoms with van der Waals surface area (Å²) in [5, 5.41) is 9.90. The summed E-state index contributed by atoms with van der Waals surface area (Å²) in [4.78, 5) is 12.5. The zero-order valence-electron chi connectivity index (χ0n) is 15.0. The molecule has 2 aromatic heterocycles. The fraction of sp³-hybridized carbons (Fsp3) is 0.222. The first-order chi connectivity index (χ1) is 13.2. The smallest absolute Gasteiger partial charge is 0.276 e. The van der Waals surface area contributed by atoms with E-state index in [1.807, 2.05) is 6.07 Å². The van der Waals surface area contributed by atoms with Gasteiger partial charge in [0.05, 0.1) is 0 Å². The normalized spacial score (nSPS) is 11.0. The molecular formula is C18H19F2IN6O. The Bertz CT molecular complexity index is 919. The molecule has 0 fully saturated rings. The Balaban J connectivity index is 0.00000280. The van der Waals surface area contributed by atoms with Gasteiger partial charge in [0.15, 0.2) is 11.8 Å². The van der Waals surface area contributed by atoms with E-state index in [-0.39, 0.29) is 36.1 Å². The molecule has 3 aromatic rings. The van der Waals surface area contributed by atoms with E-state index in [1.54, 1.807) is 25.4 Å². The molecule has 0 amide bonds. The lowest BCUT2D eigenvalue weighted by molar-refractivity contribution is 0.421. The fourth-order valence-electron chi connectivity index (χ4n) is 2.32. The SMILES string of the molecule is CN=C(NCCc1noc(-c2ccccn2)n1)NCc1cc(F)ccc1F.I. The van der Waals surface area contributed by atoms with E-state index >= 15 is 0 Å². The van der Waals surface area contributed by atoms with E-state index in [1.165, 1.54) is 0 Å². The fourth-order valence-corrected chi connectivity index (χ4v) is 2.32. The Morgan fingerprint density at radius 1 is 1.18 bits per heavy atom. The zero-order valence-corrected chi connectivity index (χ0v) is 17.4. The van der Waals surface area contributed by atoms with Gasteiger partial charge in [-0.2, -0.15) is 4.98 Å². The lowest BCUT2D eigenvalue weighted by Crippen LogP contribution is -2.38. The van der Waals surface area contributed by atoms with Crippen molar-refractivity contribution in [3.05, 3.63) is 65.6 Å². The van der Waals surface area contributed by atoms with Gasteiger partial charge >= 0.3 is 0 Å². The third kappa shape index (κ3) is 5.94. The molecule has 0 unspecified atom stereocenters. The summed E-state index contributed by atoms with van der Waals surface area (Å²) in [6.07, 6.45) is 2.14. The van der Waals surface area contributed by atoms with Crippen LogP contribution in [0.5, 0.6) is 0 Å². The van der Waals surface area contributed by atoms with E-state index < -0.39 is 11.6 Å². The van der Waals surface area contributed by atoms with Gasteiger partial charge in [0.25, 0.3) is 5.89 Å². The Labute approximate surface area is 177 Å². The van der Waals surface area contributed by atoms with Crippen LogP contribution in [-0.2, 0) is 13.0 Å². The summed E-state index contributed by atoms with van der Waals surface area (Å²) in [5.41, 5.74) is 0.829. The van der Waals surface area contributed by atoms with E-state index in [2.05, 4.69) is 30.8 Å². The number of hydrogen-bond donors (Lipinski definition) is 2. The minimum Gasteiger partial charge on any atom is -0.356 e. The maximum atomic E-state index is 13.6. The largest absolute Gasteiger partial charge is 0.356 e. The highest BCUT2D eigenvalue weighted by Gasteiger charge is 2.10. The number of pyridine rings is 1. The monoisotopic (exact) mass is 500 g/mol. The van der Waals surface area contributed by atoms with Gasteiger partial charge in [0.1, 0.15) is 17.3 Å². The van der Waals surface area contributed by atoms with Crippen molar-refractivity contribution < 1.29 is 13.3 Å². The highest BCUT2D eigenvalue weighted by molar-refractivity contribution is 14.0. The van der Waals surface area contributed by atoms with Gasteiger partial charge in [0, 0.05) is 38.3 Å². The quantitative estimate of drug-likeness (QED) is 0.308. The zero-order chi connectivity index (χ0) is 19.1. The van der Waals surface area contributed by atoms with Crippen molar-refractivity contribution in [2.24, 2.45) is 4.99 Å². The Kier molecular flexibility index (Phi) is 8.23. The molecule has 0 spiro atoms. The maximum Gasteiger partial charge on any atom is 0.276 e. The minimum atomic E-state index is -0.489. The molecule has 10 heteroatoms. The van der Waals surface area contributed by atoms with Crippen LogP contribution < -0.4 is 10.6 Å². The van der Waals surface area contributed by atoms with Crippen LogP contribution in [0, 0.1) is 11.6 Å². The van der Waals surface area contributed by atoms with E-state index in [0.29, 0.717) is 36.3 Å². The first kappa shape index (κ1) is 21.7. The van der Waals surface area contributed by atoms with Gasteiger partial charge in [-0.1, -0.05) is 11.2 Å². The molecule has 0 radical (unpaired) electrons. The summed E-state index contributed by atoms with van der Waals surface area (Å²) in [6, 6.07) is 8.75. The topological polar surface area (TPSA) is 88.2 Å². The van der Waals surface area contributed by atoms with Crippen LogP contribution in [0.2, 0.25) is 0 Å². The number of aliphatic imine (C=N–C) groups is 1. The number of hydrogen-bond acceptors (Lipinski definition) is 5. The number of nitrogens with one attached hydrogen (secondary N) is 2. The molecule has 0 bridgehead atoms. The van der Waals surface area contributed by atoms with Crippen molar-refractivity contribution >= 4 is 29.9 Å². The summed E-state index contributed by atoms with van der Waals surface area (Å²) in [5.74, 6) is 0.363. The standard InChI is InChI=1S/C18H18F2N6O.HI/c1-21-18(24-11-12-10-13(19)5-6-14(12)20)23-9-7-16-25-17(27-26-16)15-4-2-3-8-22-15;/h2-6,8,10H,7,9,11H2,1H3,(H2,21,23,24);1H. The summed E-state index contributed by atoms with van der Waals surface area (Å²) in [7, 11) is 1.59. The molecule has 0 saturated carbocycles.